The number of aldehydes is 3. The first-order valence-electron chi connectivity index (χ1n) is 5.70. The Morgan fingerprint density at radius 1 is 0.850 bits per heavy atom. The summed E-state index contributed by atoms with van der Waals surface area (Å²) in [6.45, 7) is 0. The topological polar surface area (TPSA) is 77.5 Å². The van der Waals surface area contributed by atoms with Gasteiger partial charge in [0, 0.05) is 16.7 Å². The van der Waals surface area contributed by atoms with Crippen LogP contribution in [0.2, 0.25) is 0 Å². The highest BCUT2D eigenvalue weighted by Crippen LogP contribution is 2.23. The molecule has 5 heteroatoms. The second-order valence-corrected chi connectivity index (χ2v) is 4.11. The fourth-order valence-corrected chi connectivity index (χ4v) is 1.99. The van der Waals surface area contributed by atoms with Gasteiger partial charge in [0.25, 0.3) is 0 Å². The van der Waals surface area contributed by atoms with Crippen LogP contribution in [0.3, 0.4) is 0 Å². The van der Waals surface area contributed by atoms with Crippen LogP contribution in [0.5, 0.6) is 0 Å². The average Bonchev–Trinajstić information content (AvgIpc) is 2.51. The van der Waals surface area contributed by atoms with Gasteiger partial charge in [-0.3, -0.25) is 14.4 Å². The smallest absolute Gasteiger partial charge is 0.338 e. The van der Waals surface area contributed by atoms with Gasteiger partial charge < -0.3 is 4.74 Å². The molecule has 0 spiro atoms. The highest BCUT2D eigenvalue weighted by atomic mass is 16.5. The summed E-state index contributed by atoms with van der Waals surface area (Å²) in [5.74, 6) is -0.638. The Kier molecular flexibility index (Phi) is 3.70. The van der Waals surface area contributed by atoms with E-state index in [0.29, 0.717) is 29.6 Å². The van der Waals surface area contributed by atoms with Gasteiger partial charge in [-0.15, -0.1) is 0 Å². The number of fused-ring (bicyclic) bond motifs is 1. The Labute approximate surface area is 114 Å². The molecular formula is C15H10O5. The van der Waals surface area contributed by atoms with Crippen molar-refractivity contribution in [2.24, 2.45) is 0 Å². The zero-order chi connectivity index (χ0) is 14.7. The van der Waals surface area contributed by atoms with Crippen molar-refractivity contribution in [1.29, 1.82) is 0 Å². The summed E-state index contributed by atoms with van der Waals surface area (Å²) in [4.78, 5) is 44.5. The van der Waals surface area contributed by atoms with Crippen LogP contribution in [0, 0.1) is 0 Å². The van der Waals surface area contributed by atoms with Crippen molar-refractivity contribution in [2.45, 2.75) is 0 Å². The van der Waals surface area contributed by atoms with Gasteiger partial charge in [-0.1, -0.05) is 0 Å². The van der Waals surface area contributed by atoms with Crippen molar-refractivity contribution >= 4 is 35.6 Å². The minimum atomic E-state index is -0.638. The molecule has 2 rings (SSSR count). The highest BCUT2D eigenvalue weighted by molar-refractivity contribution is 6.06. The first-order valence-corrected chi connectivity index (χ1v) is 5.70. The highest BCUT2D eigenvalue weighted by Gasteiger charge is 2.14. The first kappa shape index (κ1) is 13.6. The van der Waals surface area contributed by atoms with Gasteiger partial charge in [0.1, 0.15) is 0 Å². The van der Waals surface area contributed by atoms with Gasteiger partial charge >= 0.3 is 5.97 Å². The molecule has 5 nitrogen and oxygen atoms in total. The first-order chi connectivity index (χ1) is 9.64. The lowest BCUT2D eigenvalue weighted by molar-refractivity contribution is 0.0598. The van der Waals surface area contributed by atoms with Crippen LogP contribution in [-0.4, -0.2) is 31.9 Å². The number of rotatable bonds is 4. The van der Waals surface area contributed by atoms with Crippen LogP contribution in [0.4, 0.5) is 0 Å². The van der Waals surface area contributed by atoms with Crippen molar-refractivity contribution < 1.29 is 23.9 Å². The van der Waals surface area contributed by atoms with Crippen molar-refractivity contribution in [1.82, 2.24) is 0 Å². The van der Waals surface area contributed by atoms with E-state index in [9.17, 15) is 19.2 Å². The van der Waals surface area contributed by atoms with Crippen LogP contribution in [0.15, 0.2) is 24.3 Å². The average molecular weight is 270 g/mol. The lowest BCUT2D eigenvalue weighted by Gasteiger charge is -2.07. The molecule has 20 heavy (non-hydrogen) atoms. The molecule has 0 saturated carbocycles. The Hall–Kier alpha value is -2.82. The normalized spacial score (nSPS) is 10.1. The number of hydrogen-bond donors (Lipinski definition) is 0. The summed E-state index contributed by atoms with van der Waals surface area (Å²) in [6, 6.07) is 5.94. The SMILES string of the molecule is COC(=O)c1cc2cc(C=O)c(C=O)cc2cc1C=O. The number of esters is 1. The van der Waals surface area contributed by atoms with Crippen LogP contribution in [0.25, 0.3) is 10.8 Å². The summed E-state index contributed by atoms with van der Waals surface area (Å²) in [5.41, 5.74) is 0.739. The van der Waals surface area contributed by atoms with E-state index in [1.165, 1.54) is 31.4 Å². The van der Waals surface area contributed by atoms with Gasteiger partial charge in [0.15, 0.2) is 18.9 Å². The predicted octanol–water partition coefficient (Wildman–Crippen LogP) is 2.06. The molecule has 0 radical (unpaired) electrons. The number of hydrogen-bond acceptors (Lipinski definition) is 5. The Morgan fingerprint density at radius 2 is 1.30 bits per heavy atom. The predicted molar refractivity (Wildman–Crippen MR) is 71.5 cm³/mol. The second-order valence-electron chi connectivity index (χ2n) is 4.11. The lowest BCUT2D eigenvalue weighted by Crippen LogP contribution is -2.05. The quantitative estimate of drug-likeness (QED) is 0.627. The molecule has 2 aromatic rings. The maximum Gasteiger partial charge on any atom is 0.338 e. The molecule has 2 aromatic carbocycles. The number of carbonyl (C=O) groups is 4. The van der Waals surface area contributed by atoms with Gasteiger partial charge in [-0.2, -0.15) is 0 Å². The summed E-state index contributed by atoms with van der Waals surface area (Å²) >= 11 is 0. The largest absolute Gasteiger partial charge is 0.465 e. The number of carbonyl (C=O) groups excluding carboxylic acids is 4. The summed E-state index contributed by atoms with van der Waals surface area (Å²) in [6.07, 6.45) is 1.67. The maximum atomic E-state index is 11.6. The van der Waals surface area contributed by atoms with Gasteiger partial charge in [0.2, 0.25) is 0 Å². The molecule has 0 atom stereocenters. The Balaban J connectivity index is 2.80. The fraction of sp³-hybridized carbons (Fsp3) is 0.0667. The van der Waals surface area contributed by atoms with Crippen molar-refractivity contribution in [3.05, 3.63) is 46.5 Å². The molecule has 0 bridgehead atoms. The third-order valence-electron chi connectivity index (χ3n) is 3.00. The van der Waals surface area contributed by atoms with E-state index < -0.39 is 5.97 Å². The van der Waals surface area contributed by atoms with E-state index in [1.54, 1.807) is 0 Å². The number of methoxy groups -OCH3 is 1. The molecule has 0 amide bonds. The standard InChI is InChI=1S/C15H10O5/c1-20-15(19)14-5-10-3-12(7-17)11(6-16)2-9(10)4-13(14)8-18/h2-8H,1H3. The fourth-order valence-electron chi connectivity index (χ4n) is 1.99. The van der Waals surface area contributed by atoms with Crippen LogP contribution >= 0.6 is 0 Å². The molecule has 0 aromatic heterocycles. The van der Waals surface area contributed by atoms with Gasteiger partial charge in [-0.25, -0.2) is 4.79 Å². The van der Waals surface area contributed by atoms with E-state index in [2.05, 4.69) is 4.74 Å². The van der Waals surface area contributed by atoms with Crippen LogP contribution < -0.4 is 0 Å². The summed E-state index contributed by atoms with van der Waals surface area (Å²) in [5, 5.41) is 1.16. The van der Waals surface area contributed by atoms with Crippen molar-refractivity contribution in [2.75, 3.05) is 7.11 Å². The molecule has 100 valence electrons. The lowest BCUT2D eigenvalue weighted by atomic mass is 9.97. The van der Waals surface area contributed by atoms with Crippen LogP contribution in [0.1, 0.15) is 41.4 Å². The molecule has 0 saturated heterocycles. The van der Waals surface area contributed by atoms with Gasteiger partial charge in [-0.05, 0) is 35.0 Å². The third kappa shape index (κ3) is 2.21. The second kappa shape index (κ2) is 5.44. The zero-order valence-electron chi connectivity index (χ0n) is 10.6. The number of ether oxygens (including phenoxy) is 1. The van der Waals surface area contributed by atoms with E-state index in [0.717, 1.165) is 0 Å². The Morgan fingerprint density at radius 3 is 1.75 bits per heavy atom. The maximum absolute atomic E-state index is 11.6. The molecule has 0 N–H and O–H groups in total. The molecule has 0 heterocycles. The van der Waals surface area contributed by atoms with E-state index in [4.69, 9.17) is 0 Å². The van der Waals surface area contributed by atoms with Gasteiger partial charge in [0.05, 0.1) is 12.7 Å². The molecule has 0 aliphatic carbocycles. The third-order valence-corrected chi connectivity index (χ3v) is 3.00. The summed E-state index contributed by atoms with van der Waals surface area (Å²) in [7, 11) is 1.22. The number of benzene rings is 2. The molecule has 0 aliphatic heterocycles. The Bertz CT molecular complexity index is 731. The van der Waals surface area contributed by atoms with Crippen molar-refractivity contribution in [3.8, 4) is 0 Å². The van der Waals surface area contributed by atoms with Crippen LogP contribution in [-0.2, 0) is 4.74 Å². The van der Waals surface area contributed by atoms with E-state index in [-0.39, 0.29) is 22.3 Å². The molecule has 0 fully saturated rings. The zero-order valence-corrected chi connectivity index (χ0v) is 10.6. The molecule has 0 aliphatic rings. The minimum Gasteiger partial charge on any atom is -0.465 e. The monoisotopic (exact) mass is 270 g/mol. The molecular weight excluding hydrogens is 260 g/mol. The van der Waals surface area contributed by atoms with E-state index >= 15 is 0 Å². The van der Waals surface area contributed by atoms with Crippen molar-refractivity contribution in [3.63, 3.8) is 0 Å². The minimum absolute atomic E-state index is 0.116. The van der Waals surface area contributed by atoms with E-state index in [1.807, 2.05) is 0 Å². The molecule has 0 unspecified atom stereocenters. The summed E-state index contributed by atoms with van der Waals surface area (Å²) < 4.78 is 4.61.